The summed E-state index contributed by atoms with van der Waals surface area (Å²) in [5, 5.41) is 14.3. The third kappa shape index (κ3) is 3.85. The summed E-state index contributed by atoms with van der Waals surface area (Å²) in [5.41, 5.74) is 1.85. The standard InChI is InChI=1S/C15H24N4O2/c1-4-16-12-8-14(10-15(9-12)19(20)21)18(3)13-6-5-7-17(2)11-13/h8-10,13,16H,4-7,11H2,1-3H3. The van der Waals surface area contributed by atoms with Crippen molar-refractivity contribution < 1.29 is 4.92 Å². The predicted molar refractivity (Wildman–Crippen MR) is 86.2 cm³/mol. The molecule has 1 heterocycles. The lowest BCUT2D eigenvalue weighted by Gasteiger charge is -2.37. The largest absolute Gasteiger partial charge is 0.385 e. The van der Waals surface area contributed by atoms with Gasteiger partial charge in [0.05, 0.1) is 4.92 Å². The van der Waals surface area contributed by atoms with E-state index in [0.717, 1.165) is 37.4 Å². The van der Waals surface area contributed by atoms with Crippen molar-refractivity contribution >= 4 is 17.1 Å². The summed E-state index contributed by atoms with van der Waals surface area (Å²) < 4.78 is 0. The van der Waals surface area contributed by atoms with Crippen LogP contribution in [-0.2, 0) is 0 Å². The van der Waals surface area contributed by atoms with E-state index in [1.807, 2.05) is 20.0 Å². The number of hydrogen-bond donors (Lipinski definition) is 1. The summed E-state index contributed by atoms with van der Waals surface area (Å²) in [6, 6.07) is 5.65. The molecule has 1 saturated heterocycles. The molecule has 1 aromatic rings. The fraction of sp³-hybridized carbons (Fsp3) is 0.600. The van der Waals surface area contributed by atoms with Gasteiger partial charge in [0, 0.05) is 49.7 Å². The van der Waals surface area contributed by atoms with Crippen molar-refractivity contribution in [1.82, 2.24) is 4.90 Å². The molecule has 1 fully saturated rings. The summed E-state index contributed by atoms with van der Waals surface area (Å²) in [5.74, 6) is 0. The molecule has 0 bridgehead atoms. The van der Waals surface area contributed by atoms with Crippen LogP contribution in [0.25, 0.3) is 0 Å². The maximum Gasteiger partial charge on any atom is 0.273 e. The predicted octanol–water partition coefficient (Wildman–Crippen LogP) is 2.56. The van der Waals surface area contributed by atoms with Crippen molar-refractivity contribution in [3.8, 4) is 0 Å². The number of piperidine rings is 1. The van der Waals surface area contributed by atoms with Crippen LogP contribution in [0.5, 0.6) is 0 Å². The second kappa shape index (κ2) is 6.76. The summed E-state index contributed by atoms with van der Waals surface area (Å²) in [4.78, 5) is 15.3. The maximum absolute atomic E-state index is 11.1. The number of likely N-dealkylation sites (tertiary alicyclic amines) is 1. The van der Waals surface area contributed by atoms with Crippen LogP contribution in [0.3, 0.4) is 0 Å². The number of non-ortho nitro benzene ring substituents is 1. The minimum atomic E-state index is -0.328. The SMILES string of the molecule is CCNc1cc(N(C)C2CCCN(C)C2)cc([N+](=O)[O-])c1. The van der Waals surface area contributed by atoms with Crippen molar-refractivity contribution in [3.05, 3.63) is 28.3 Å². The number of nitro benzene ring substituents is 1. The Hall–Kier alpha value is -1.82. The number of likely N-dealkylation sites (N-methyl/N-ethyl adjacent to an activating group) is 2. The minimum absolute atomic E-state index is 0.138. The van der Waals surface area contributed by atoms with Crippen LogP contribution in [0, 0.1) is 10.1 Å². The Morgan fingerprint density at radius 3 is 2.86 bits per heavy atom. The Morgan fingerprint density at radius 1 is 1.48 bits per heavy atom. The highest BCUT2D eigenvalue weighted by Gasteiger charge is 2.23. The number of nitro groups is 1. The molecule has 1 atom stereocenters. The molecule has 0 saturated carbocycles. The number of nitrogens with zero attached hydrogens (tertiary/aromatic N) is 3. The molecule has 0 radical (unpaired) electrons. The minimum Gasteiger partial charge on any atom is -0.385 e. The van der Waals surface area contributed by atoms with E-state index < -0.39 is 0 Å². The highest BCUT2D eigenvalue weighted by Crippen LogP contribution is 2.29. The summed E-state index contributed by atoms with van der Waals surface area (Å²) in [6.45, 7) is 4.85. The molecular formula is C15H24N4O2. The highest BCUT2D eigenvalue weighted by molar-refractivity contribution is 5.64. The number of benzene rings is 1. The lowest BCUT2D eigenvalue weighted by Crippen LogP contribution is -2.45. The molecule has 1 aliphatic heterocycles. The van der Waals surface area contributed by atoms with Gasteiger partial charge in [-0.15, -0.1) is 0 Å². The van der Waals surface area contributed by atoms with Gasteiger partial charge in [-0.3, -0.25) is 10.1 Å². The third-order valence-corrected chi connectivity index (χ3v) is 4.05. The lowest BCUT2D eigenvalue weighted by atomic mass is 10.0. The van der Waals surface area contributed by atoms with Gasteiger partial charge in [-0.25, -0.2) is 0 Å². The number of anilines is 2. The molecule has 6 nitrogen and oxygen atoms in total. The second-order valence-corrected chi connectivity index (χ2v) is 5.69. The topological polar surface area (TPSA) is 61.6 Å². The average molecular weight is 292 g/mol. The van der Waals surface area contributed by atoms with E-state index in [9.17, 15) is 10.1 Å². The van der Waals surface area contributed by atoms with Gasteiger partial charge in [-0.1, -0.05) is 0 Å². The molecule has 1 N–H and O–H groups in total. The lowest BCUT2D eigenvalue weighted by molar-refractivity contribution is -0.384. The molecule has 0 aromatic heterocycles. The zero-order valence-electron chi connectivity index (χ0n) is 13.0. The Balaban J connectivity index is 2.26. The summed E-state index contributed by atoms with van der Waals surface area (Å²) in [7, 11) is 4.15. The van der Waals surface area contributed by atoms with Gasteiger partial charge in [0.1, 0.15) is 0 Å². The van der Waals surface area contributed by atoms with Crippen LogP contribution < -0.4 is 10.2 Å². The fourth-order valence-electron chi connectivity index (χ4n) is 2.88. The van der Waals surface area contributed by atoms with Crippen molar-refractivity contribution in [1.29, 1.82) is 0 Å². The van der Waals surface area contributed by atoms with E-state index in [-0.39, 0.29) is 10.6 Å². The first-order chi connectivity index (χ1) is 10.0. The number of hydrogen-bond acceptors (Lipinski definition) is 5. The number of rotatable bonds is 5. The van der Waals surface area contributed by atoms with Crippen LogP contribution >= 0.6 is 0 Å². The van der Waals surface area contributed by atoms with E-state index in [0.29, 0.717) is 6.04 Å². The molecule has 1 aliphatic rings. The van der Waals surface area contributed by atoms with Crippen molar-refractivity contribution in [2.45, 2.75) is 25.8 Å². The van der Waals surface area contributed by atoms with E-state index >= 15 is 0 Å². The Labute approximate surface area is 125 Å². The highest BCUT2D eigenvalue weighted by atomic mass is 16.6. The Kier molecular flexibility index (Phi) is 5.01. The van der Waals surface area contributed by atoms with Crippen LogP contribution in [0.2, 0.25) is 0 Å². The summed E-state index contributed by atoms with van der Waals surface area (Å²) in [6.07, 6.45) is 2.29. The quantitative estimate of drug-likeness (QED) is 0.667. The smallest absolute Gasteiger partial charge is 0.273 e. The Morgan fingerprint density at radius 2 is 2.24 bits per heavy atom. The monoisotopic (exact) mass is 292 g/mol. The molecule has 0 spiro atoms. The van der Waals surface area contributed by atoms with Gasteiger partial charge in [0.15, 0.2) is 0 Å². The first-order valence-electron chi connectivity index (χ1n) is 7.46. The van der Waals surface area contributed by atoms with Crippen LogP contribution in [-0.4, -0.2) is 49.6 Å². The molecule has 2 rings (SSSR count). The van der Waals surface area contributed by atoms with Gasteiger partial charge in [-0.05, 0) is 39.4 Å². The molecule has 1 aromatic carbocycles. The van der Waals surface area contributed by atoms with Gasteiger partial charge in [-0.2, -0.15) is 0 Å². The Bertz CT molecular complexity index is 506. The van der Waals surface area contributed by atoms with E-state index in [4.69, 9.17) is 0 Å². The molecule has 116 valence electrons. The first kappa shape index (κ1) is 15.6. The third-order valence-electron chi connectivity index (χ3n) is 4.05. The average Bonchev–Trinajstić information content (AvgIpc) is 2.46. The van der Waals surface area contributed by atoms with Gasteiger partial charge in [0.2, 0.25) is 0 Å². The van der Waals surface area contributed by atoms with E-state index in [1.165, 1.54) is 6.42 Å². The van der Waals surface area contributed by atoms with Gasteiger partial charge in [0.25, 0.3) is 5.69 Å². The van der Waals surface area contributed by atoms with Crippen molar-refractivity contribution in [2.24, 2.45) is 0 Å². The van der Waals surface area contributed by atoms with E-state index in [2.05, 4.69) is 22.2 Å². The normalized spacial score (nSPS) is 19.3. The number of nitrogens with one attached hydrogen (secondary N) is 1. The molecule has 1 unspecified atom stereocenters. The fourth-order valence-corrected chi connectivity index (χ4v) is 2.88. The molecule has 21 heavy (non-hydrogen) atoms. The van der Waals surface area contributed by atoms with Crippen LogP contribution in [0.4, 0.5) is 17.1 Å². The maximum atomic E-state index is 11.1. The zero-order chi connectivity index (χ0) is 15.4. The van der Waals surface area contributed by atoms with Gasteiger partial charge < -0.3 is 15.1 Å². The molecular weight excluding hydrogens is 268 g/mol. The van der Waals surface area contributed by atoms with E-state index in [1.54, 1.807) is 12.1 Å². The zero-order valence-corrected chi connectivity index (χ0v) is 13.0. The molecule has 0 amide bonds. The molecule has 0 aliphatic carbocycles. The second-order valence-electron chi connectivity index (χ2n) is 5.69. The van der Waals surface area contributed by atoms with Crippen LogP contribution in [0.15, 0.2) is 18.2 Å². The summed E-state index contributed by atoms with van der Waals surface area (Å²) >= 11 is 0. The first-order valence-corrected chi connectivity index (χ1v) is 7.46. The van der Waals surface area contributed by atoms with Crippen LogP contribution in [0.1, 0.15) is 19.8 Å². The van der Waals surface area contributed by atoms with Gasteiger partial charge >= 0.3 is 0 Å². The molecule has 6 heteroatoms. The van der Waals surface area contributed by atoms with Crippen molar-refractivity contribution in [3.63, 3.8) is 0 Å². The van der Waals surface area contributed by atoms with Crippen molar-refractivity contribution in [2.75, 3.05) is 43.9 Å².